The number of hydrogen-bond donors (Lipinski definition) is 2. The number of nitrogens with zero attached hydrogens (tertiary/aromatic N) is 1. The van der Waals surface area contributed by atoms with E-state index in [4.69, 9.17) is 5.11 Å². The van der Waals surface area contributed by atoms with Crippen molar-refractivity contribution in [3.63, 3.8) is 0 Å². The molecule has 0 radical (unpaired) electrons. The van der Waals surface area contributed by atoms with E-state index in [1.807, 2.05) is 13.8 Å². The predicted octanol–water partition coefficient (Wildman–Crippen LogP) is 0.614. The molecule has 0 bridgehead atoms. The van der Waals surface area contributed by atoms with Crippen LogP contribution in [0.1, 0.15) is 39.5 Å². The molecule has 1 aliphatic rings. The van der Waals surface area contributed by atoms with E-state index >= 15 is 0 Å². The van der Waals surface area contributed by atoms with Gasteiger partial charge in [0.05, 0.1) is 6.54 Å². The van der Waals surface area contributed by atoms with Crippen molar-refractivity contribution >= 4 is 17.8 Å². The molecule has 6 heteroatoms. The van der Waals surface area contributed by atoms with Crippen LogP contribution in [0.5, 0.6) is 0 Å². The summed E-state index contributed by atoms with van der Waals surface area (Å²) in [5.41, 5.74) is 0. The van der Waals surface area contributed by atoms with Gasteiger partial charge in [-0.3, -0.25) is 9.59 Å². The van der Waals surface area contributed by atoms with Crippen molar-refractivity contribution in [1.82, 2.24) is 10.2 Å². The molecule has 1 fully saturated rings. The zero-order valence-electron chi connectivity index (χ0n) is 11.5. The van der Waals surface area contributed by atoms with Gasteiger partial charge >= 0.3 is 5.97 Å². The zero-order chi connectivity index (χ0) is 14.4. The van der Waals surface area contributed by atoms with Gasteiger partial charge in [0.25, 0.3) is 0 Å². The summed E-state index contributed by atoms with van der Waals surface area (Å²) < 4.78 is 0. The second-order valence-electron chi connectivity index (χ2n) is 5.29. The number of aliphatic carboxylic acids is 1. The largest absolute Gasteiger partial charge is 0.480 e. The summed E-state index contributed by atoms with van der Waals surface area (Å²) in [6.07, 6.45) is 2.36. The molecule has 0 aromatic carbocycles. The zero-order valence-corrected chi connectivity index (χ0v) is 11.5. The fraction of sp³-hybridized carbons (Fsp3) is 0.769. The van der Waals surface area contributed by atoms with E-state index in [-0.39, 0.29) is 18.4 Å². The summed E-state index contributed by atoms with van der Waals surface area (Å²) in [6, 6.07) is -0.736. The van der Waals surface area contributed by atoms with Gasteiger partial charge in [0, 0.05) is 13.0 Å². The smallest absolute Gasteiger partial charge is 0.326 e. The van der Waals surface area contributed by atoms with Crippen molar-refractivity contribution in [1.29, 1.82) is 0 Å². The van der Waals surface area contributed by atoms with Crippen LogP contribution in [0, 0.1) is 5.92 Å². The molecule has 1 aliphatic heterocycles. The van der Waals surface area contributed by atoms with Crippen LogP contribution >= 0.6 is 0 Å². The average Bonchev–Trinajstić information content (AvgIpc) is 2.82. The van der Waals surface area contributed by atoms with Crippen molar-refractivity contribution in [3.8, 4) is 0 Å². The first-order valence-electron chi connectivity index (χ1n) is 6.70. The number of carbonyl (C=O) groups is 3. The van der Waals surface area contributed by atoms with E-state index in [0.717, 1.165) is 6.42 Å². The Morgan fingerprint density at radius 1 is 1.37 bits per heavy atom. The van der Waals surface area contributed by atoms with Gasteiger partial charge in [-0.05, 0) is 25.2 Å². The molecule has 0 spiro atoms. The number of likely N-dealkylation sites (tertiary alicyclic amines) is 1. The molecule has 0 aromatic rings. The van der Waals surface area contributed by atoms with Crippen LogP contribution in [0.4, 0.5) is 0 Å². The van der Waals surface area contributed by atoms with Crippen LogP contribution in [0.2, 0.25) is 0 Å². The van der Waals surface area contributed by atoms with Crippen molar-refractivity contribution < 1.29 is 19.5 Å². The minimum Gasteiger partial charge on any atom is -0.480 e. The first kappa shape index (κ1) is 15.5. The van der Waals surface area contributed by atoms with E-state index in [2.05, 4.69) is 5.32 Å². The number of rotatable bonds is 6. The molecule has 0 aromatic heterocycles. The normalized spacial score (nSPS) is 18.7. The lowest BCUT2D eigenvalue weighted by molar-refractivity contribution is -0.148. The molecule has 1 heterocycles. The Morgan fingerprint density at radius 3 is 2.63 bits per heavy atom. The molecule has 1 rings (SSSR count). The Kier molecular flexibility index (Phi) is 5.79. The van der Waals surface area contributed by atoms with Crippen LogP contribution < -0.4 is 5.32 Å². The molecule has 2 N–H and O–H groups in total. The maximum Gasteiger partial charge on any atom is 0.326 e. The van der Waals surface area contributed by atoms with E-state index in [1.54, 1.807) is 0 Å². The molecule has 19 heavy (non-hydrogen) atoms. The van der Waals surface area contributed by atoms with E-state index in [9.17, 15) is 14.4 Å². The topological polar surface area (TPSA) is 86.7 Å². The Hall–Kier alpha value is -1.59. The number of carbonyl (C=O) groups excluding carboxylic acids is 2. The van der Waals surface area contributed by atoms with E-state index in [1.165, 1.54) is 4.90 Å². The predicted molar refractivity (Wildman–Crippen MR) is 69.5 cm³/mol. The maximum atomic E-state index is 11.9. The molecule has 0 aliphatic carbocycles. The van der Waals surface area contributed by atoms with Crippen LogP contribution in [-0.2, 0) is 14.4 Å². The standard InChI is InChI=1S/C13H22N2O4/c1-9(2)5-6-11(16)14-8-12(17)15-7-3-4-10(15)13(18)19/h9-10H,3-8H2,1-2H3,(H,14,16)(H,18,19)/t10-/m1/s1. The number of nitrogens with one attached hydrogen (secondary N) is 1. The minimum atomic E-state index is -0.975. The highest BCUT2D eigenvalue weighted by Crippen LogP contribution is 2.17. The summed E-state index contributed by atoms with van der Waals surface area (Å²) >= 11 is 0. The fourth-order valence-corrected chi connectivity index (χ4v) is 2.11. The molecule has 1 saturated heterocycles. The van der Waals surface area contributed by atoms with Gasteiger partial charge in [-0.1, -0.05) is 13.8 Å². The lowest BCUT2D eigenvalue weighted by atomic mass is 10.1. The molecular weight excluding hydrogens is 248 g/mol. The van der Waals surface area contributed by atoms with E-state index in [0.29, 0.717) is 31.7 Å². The van der Waals surface area contributed by atoms with E-state index < -0.39 is 12.0 Å². The number of carboxylic acid groups (broad SMARTS) is 1. The summed E-state index contributed by atoms with van der Waals surface area (Å²) in [5.74, 6) is -1.01. The highest BCUT2D eigenvalue weighted by molar-refractivity contribution is 5.88. The second-order valence-corrected chi connectivity index (χ2v) is 5.29. The highest BCUT2D eigenvalue weighted by Gasteiger charge is 2.33. The van der Waals surface area contributed by atoms with Gasteiger partial charge in [0.2, 0.25) is 11.8 Å². The summed E-state index contributed by atoms with van der Waals surface area (Å²) in [7, 11) is 0. The fourth-order valence-electron chi connectivity index (χ4n) is 2.11. The third-order valence-electron chi connectivity index (χ3n) is 3.24. The van der Waals surface area contributed by atoms with Crippen LogP contribution in [0.3, 0.4) is 0 Å². The maximum absolute atomic E-state index is 11.9. The van der Waals surface area contributed by atoms with Gasteiger partial charge < -0.3 is 15.3 Å². The van der Waals surface area contributed by atoms with Crippen LogP contribution in [0.25, 0.3) is 0 Å². The molecular formula is C13H22N2O4. The lowest BCUT2D eigenvalue weighted by Gasteiger charge is -2.21. The van der Waals surface area contributed by atoms with Crippen molar-refractivity contribution in [2.45, 2.75) is 45.6 Å². The van der Waals surface area contributed by atoms with Crippen molar-refractivity contribution in [3.05, 3.63) is 0 Å². The number of hydrogen-bond acceptors (Lipinski definition) is 3. The minimum absolute atomic E-state index is 0.110. The van der Waals surface area contributed by atoms with Gasteiger partial charge in [-0.15, -0.1) is 0 Å². The molecule has 6 nitrogen and oxygen atoms in total. The SMILES string of the molecule is CC(C)CCC(=O)NCC(=O)N1CCC[C@@H]1C(=O)O. The van der Waals surface area contributed by atoms with Gasteiger partial charge in [0.15, 0.2) is 0 Å². The first-order valence-corrected chi connectivity index (χ1v) is 6.70. The molecule has 0 unspecified atom stereocenters. The van der Waals surface area contributed by atoms with Crippen molar-refractivity contribution in [2.75, 3.05) is 13.1 Å². The Labute approximate surface area is 113 Å². The summed E-state index contributed by atoms with van der Waals surface area (Å²) in [6.45, 7) is 4.40. The first-order chi connectivity index (χ1) is 8.91. The average molecular weight is 270 g/mol. The second kappa shape index (κ2) is 7.11. The Balaban J connectivity index is 2.34. The molecule has 108 valence electrons. The Morgan fingerprint density at radius 2 is 2.05 bits per heavy atom. The molecule has 0 saturated carbocycles. The number of carboxylic acids is 1. The van der Waals surface area contributed by atoms with Gasteiger partial charge in [0.1, 0.15) is 6.04 Å². The Bertz CT molecular complexity index is 355. The quantitative estimate of drug-likeness (QED) is 0.740. The van der Waals surface area contributed by atoms with Crippen LogP contribution in [0.15, 0.2) is 0 Å². The monoisotopic (exact) mass is 270 g/mol. The third-order valence-corrected chi connectivity index (χ3v) is 3.24. The summed E-state index contributed by atoms with van der Waals surface area (Å²) in [4.78, 5) is 35.6. The van der Waals surface area contributed by atoms with Crippen LogP contribution in [-0.4, -0.2) is 46.9 Å². The van der Waals surface area contributed by atoms with Crippen molar-refractivity contribution in [2.24, 2.45) is 5.92 Å². The molecule has 1 atom stereocenters. The number of amides is 2. The summed E-state index contributed by atoms with van der Waals surface area (Å²) in [5, 5.41) is 11.5. The van der Waals surface area contributed by atoms with Gasteiger partial charge in [-0.25, -0.2) is 4.79 Å². The molecule has 2 amide bonds. The lowest BCUT2D eigenvalue weighted by Crippen LogP contribution is -2.45. The highest BCUT2D eigenvalue weighted by atomic mass is 16.4. The third kappa shape index (κ3) is 4.89. The van der Waals surface area contributed by atoms with Gasteiger partial charge in [-0.2, -0.15) is 0 Å².